The third-order valence-corrected chi connectivity index (χ3v) is 4.76. The Balaban J connectivity index is 2.36. The Kier molecular flexibility index (Phi) is 7.10. The molecule has 1 aliphatic rings. The Labute approximate surface area is 166 Å². The maximum Gasteiger partial charge on any atom is 0.356 e. The largest absolute Gasteiger partial charge is 0.492 e. The van der Waals surface area contributed by atoms with E-state index in [0.717, 1.165) is 19.3 Å². The Morgan fingerprint density at radius 3 is 2.59 bits per heavy atom. The molecule has 2 rings (SSSR count). The van der Waals surface area contributed by atoms with E-state index in [9.17, 15) is 9.18 Å². The van der Waals surface area contributed by atoms with Crippen molar-refractivity contribution in [2.24, 2.45) is 10.7 Å². The first-order valence-corrected chi connectivity index (χ1v) is 8.85. The number of benzene rings is 1. The van der Waals surface area contributed by atoms with Gasteiger partial charge in [-0.15, -0.1) is 0 Å². The minimum atomic E-state index is -0.797. The minimum absolute atomic E-state index is 0.00350. The summed E-state index contributed by atoms with van der Waals surface area (Å²) >= 11 is 12.1. The molecule has 3 N–H and O–H groups in total. The number of hydrogen-bond donors (Lipinski definition) is 2. The van der Waals surface area contributed by atoms with E-state index in [-0.39, 0.29) is 44.6 Å². The topological polar surface area (TPSA) is 85.9 Å². The molecule has 0 spiro atoms. The number of carbonyl (C=O) groups excluding carboxylic acids is 1. The van der Waals surface area contributed by atoms with Crippen molar-refractivity contribution < 1.29 is 18.7 Å². The standard InChI is InChI=1S/C18H20Cl2FN3O3/c1-9(11-7-8-12(19)16(26-2)14(11)21)23-15(18(25)27-3)13(20)17(22)24-10-5-4-6-10/h7-8,10,23H,1,4-6H2,2-3H3,(H2,22,24). The van der Waals surface area contributed by atoms with Gasteiger partial charge >= 0.3 is 5.97 Å². The number of hydrogen-bond acceptors (Lipinski definition) is 5. The van der Waals surface area contributed by atoms with Gasteiger partial charge in [-0.2, -0.15) is 0 Å². The quantitative estimate of drug-likeness (QED) is 0.307. The van der Waals surface area contributed by atoms with E-state index in [2.05, 4.69) is 16.9 Å². The number of methoxy groups -OCH3 is 2. The summed E-state index contributed by atoms with van der Waals surface area (Å²) in [5, 5.41) is 2.64. The lowest BCUT2D eigenvalue weighted by atomic mass is 9.94. The van der Waals surface area contributed by atoms with E-state index in [1.54, 1.807) is 0 Å². The summed E-state index contributed by atoms with van der Waals surface area (Å²) in [5.74, 6) is -1.68. The van der Waals surface area contributed by atoms with Crippen molar-refractivity contribution in [2.45, 2.75) is 25.3 Å². The van der Waals surface area contributed by atoms with Crippen LogP contribution in [-0.2, 0) is 9.53 Å². The fraction of sp³-hybridized carbons (Fsp3) is 0.333. The Bertz CT molecular complexity index is 820. The van der Waals surface area contributed by atoms with Crippen LogP contribution in [0.2, 0.25) is 5.02 Å². The highest BCUT2D eigenvalue weighted by molar-refractivity contribution is 6.44. The molecule has 0 radical (unpaired) electrons. The number of carbonyl (C=O) groups is 1. The zero-order chi connectivity index (χ0) is 20.1. The lowest BCUT2D eigenvalue weighted by Crippen LogP contribution is -2.28. The number of nitrogens with one attached hydrogen (secondary N) is 1. The second-order valence-electron chi connectivity index (χ2n) is 5.83. The number of ether oxygens (including phenoxy) is 2. The van der Waals surface area contributed by atoms with Crippen molar-refractivity contribution in [3.8, 4) is 5.75 Å². The minimum Gasteiger partial charge on any atom is -0.492 e. The molecular weight excluding hydrogens is 396 g/mol. The second kappa shape index (κ2) is 9.10. The molecule has 1 fully saturated rings. The fourth-order valence-electron chi connectivity index (χ4n) is 2.37. The Morgan fingerprint density at radius 2 is 2.07 bits per heavy atom. The molecule has 0 atom stereocenters. The van der Waals surface area contributed by atoms with Gasteiger partial charge < -0.3 is 20.5 Å². The van der Waals surface area contributed by atoms with Gasteiger partial charge in [0.15, 0.2) is 11.6 Å². The summed E-state index contributed by atoms with van der Waals surface area (Å²) in [5.41, 5.74) is 5.78. The number of nitrogens with two attached hydrogens (primary N) is 1. The maximum atomic E-state index is 14.6. The monoisotopic (exact) mass is 415 g/mol. The van der Waals surface area contributed by atoms with Gasteiger partial charge in [-0.1, -0.05) is 29.8 Å². The van der Waals surface area contributed by atoms with Crippen LogP contribution in [0.5, 0.6) is 5.75 Å². The smallest absolute Gasteiger partial charge is 0.356 e. The van der Waals surface area contributed by atoms with E-state index in [0.29, 0.717) is 0 Å². The molecule has 9 heteroatoms. The molecule has 0 aliphatic heterocycles. The summed E-state index contributed by atoms with van der Waals surface area (Å²) in [7, 11) is 2.47. The molecule has 0 amide bonds. The molecule has 0 heterocycles. The van der Waals surface area contributed by atoms with Crippen LogP contribution in [0, 0.1) is 5.82 Å². The summed E-state index contributed by atoms with van der Waals surface area (Å²) in [6.45, 7) is 3.75. The van der Waals surface area contributed by atoms with Gasteiger partial charge in [0, 0.05) is 11.3 Å². The molecule has 1 saturated carbocycles. The molecule has 1 aromatic carbocycles. The number of amidine groups is 1. The molecule has 1 aliphatic carbocycles. The van der Waals surface area contributed by atoms with Crippen LogP contribution in [-0.4, -0.2) is 32.1 Å². The summed E-state index contributed by atoms with van der Waals surface area (Å²) in [6, 6.07) is 2.92. The first kappa shape index (κ1) is 21.1. The molecule has 0 unspecified atom stereocenters. The van der Waals surface area contributed by atoms with Gasteiger partial charge in [0.2, 0.25) is 0 Å². The molecular formula is C18H20Cl2FN3O3. The number of halogens is 3. The van der Waals surface area contributed by atoms with Crippen molar-refractivity contribution in [1.82, 2.24) is 5.32 Å². The van der Waals surface area contributed by atoms with Crippen LogP contribution in [0.3, 0.4) is 0 Å². The molecule has 27 heavy (non-hydrogen) atoms. The number of aliphatic imine (C=N–C) groups is 1. The lowest BCUT2D eigenvalue weighted by molar-refractivity contribution is -0.136. The van der Waals surface area contributed by atoms with Crippen molar-refractivity contribution in [3.05, 3.63) is 45.8 Å². The van der Waals surface area contributed by atoms with Crippen LogP contribution in [0.1, 0.15) is 24.8 Å². The number of rotatable bonds is 7. The molecule has 146 valence electrons. The highest BCUT2D eigenvalue weighted by Crippen LogP contribution is 2.32. The summed E-state index contributed by atoms with van der Waals surface area (Å²) in [6.07, 6.45) is 2.89. The van der Waals surface area contributed by atoms with E-state index in [1.165, 1.54) is 26.4 Å². The van der Waals surface area contributed by atoms with Crippen molar-refractivity contribution in [1.29, 1.82) is 0 Å². The highest BCUT2D eigenvalue weighted by atomic mass is 35.5. The molecule has 0 bridgehead atoms. The zero-order valence-electron chi connectivity index (χ0n) is 14.9. The molecule has 6 nitrogen and oxygen atoms in total. The molecule has 0 aromatic heterocycles. The summed E-state index contributed by atoms with van der Waals surface area (Å²) in [4.78, 5) is 16.4. The predicted molar refractivity (Wildman–Crippen MR) is 104 cm³/mol. The van der Waals surface area contributed by atoms with Crippen LogP contribution in [0.15, 0.2) is 34.4 Å². The third-order valence-electron chi connectivity index (χ3n) is 4.08. The first-order valence-electron chi connectivity index (χ1n) is 8.10. The number of nitrogens with zero attached hydrogens (tertiary/aromatic N) is 1. The van der Waals surface area contributed by atoms with Gasteiger partial charge in [0.1, 0.15) is 16.6 Å². The van der Waals surface area contributed by atoms with Crippen LogP contribution < -0.4 is 15.8 Å². The van der Waals surface area contributed by atoms with Crippen LogP contribution >= 0.6 is 23.2 Å². The van der Waals surface area contributed by atoms with Gasteiger partial charge in [-0.3, -0.25) is 4.99 Å². The van der Waals surface area contributed by atoms with E-state index in [4.69, 9.17) is 38.4 Å². The fourth-order valence-corrected chi connectivity index (χ4v) is 2.76. The average molecular weight is 416 g/mol. The molecule has 0 saturated heterocycles. The van der Waals surface area contributed by atoms with Crippen LogP contribution in [0.25, 0.3) is 5.70 Å². The maximum absolute atomic E-state index is 14.6. The average Bonchev–Trinajstić information content (AvgIpc) is 2.61. The normalized spacial score (nSPS) is 15.5. The van der Waals surface area contributed by atoms with E-state index >= 15 is 0 Å². The van der Waals surface area contributed by atoms with Crippen LogP contribution in [0.4, 0.5) is 4.39 Å². The Hall–Kier alpha value is -2.25. The predicted octanol–water partition coefficient (Wildman–Crippen LogP) is 3.58. The van der Waals surface area contributed by atoms with Gasteiger partial charge in [-0.05, 0) is 31.4 Å². The van der Waals surface area contributed by atoms with E-state index < -0.39 is 11.8 Å². The van der Waals surface area contributed by atoms with Crippen molar-refractivity contribution >= 4 is 40.7 Å². The summed E-state index contributed by atoms with van der Waals surface area (Å²) < 4.78 is 24.2. The van der Waals surface area contributed by atoms with Crippen molar-refractivity contribution in [3.63, 3.8) is 0 Å². The third kappa shape index (κ3) is 4.73. The van der Waals surface area contributed by atoms with E-state index in [1.807, 2.05) is 0 Å². The molecule has 1 aromatic rings. The van der Waals surface area contributed by atoms with Gasteiger partial charge in [0.05, 0.1) is 25.3 Å². The second-order valence-corrected chi connectivity index (χ2v) is 6.61. The Morgan fingerprint density at radius 1 is 1.41 bits per heavy atom. The SMILES string of the molecule is C=C(NC(C(=O)OC)=C(Cl)C(N)=NC1CCC1)c1ccc(Cl)c(OC)c1F. The number of esters is 1. The highest BCUT2D eigenvalue weighted by Gasteiger charge is 2.23. The zero-order valence-corrected chi connectivity index (χ0v) is 16.5. The van der Waals surface area contributed by atoms with Gasteiger partial charge in [-0.25, -0.2) is 9.18 Å². The van der Waals surface area contributed by atoms with Gasteiger partial charge in [0.25, 0.3) is 0 Å². The van der Waals surface area contributed by atoms with Crippen molar-refractivity contribution in [2.75, 3.05) is 14.2 Å². The first-order chi connectivity index (χ1) is 12.8. The lowest BCUT2D eigenvalue weighted by Gasteiger charge is -2.22.